The Morgan fingerprint density at radius 1 is 0.281 bits per heavy atom. The van der Waals surface area contributed by atoms with E-state index in [9.17, 15) is 0 Å². The summed E-state index contributed by atoms with van der Waals surface area (Å²) < 4.78 is 16.6. The molecule has 4 nitrogen and oxygen atoms in total. The minimum atomic E-state index is 0.725. The summed E-state index contributed by atoms with van der Waals surface area (Å²) in [5, 5.41) is 2.37. The summed E-state index contributed by atoms with van der Waals surface area (Å²) >= 11 is 0. The molecule has 0 N–H and O–H groups in total. The number of hydrogen-bond acceptors (Lipinski definition) is 3. The molecule has 0 spiro atoms. The molecule has 0 atom stereocenters. The van der Waals surface area contributed by atoms with E-state index in [1.54, 1.807) is 0 Å². The molecule has 2 aliphatic rings. The largest absolute Gasteiger partial charge is 0.453 e. The highest BCUT2D eigenvalue weighted by molar-refractivity contribution is 6.10. The van der Waals surface area contributed by atoms with Crippen LogP contribution in [-0.2, 0) is 0 Å². The topological polar surface area (TPSA) is 26.6 Å². The van der Waals surface area contributed by atoms with E-state index in [0.29, 0.717) is 0 Å². The lowest BCUT2D eigenvalue weighted by atomic mass is 9.93. The summed E-state index contributed by atoms with van der Waals surface area (Å²) in [5.41, 5.74) is 17.4. The lowest BCUT2D eigenvalue weighted by Gasteiger charge is -2.38. The highest BCUT2D eigenvalue weighted by Gasteiger charge is 2.36. The number of hydrogen-bond donors (Lipinski definition) is 0. The maximum atomic E-state index is 7.13. The first-order valence-electron chi connectivity index (χ1n) is 21.7. The number of rotatable bonds is 6. The number of para-hydroxylation sites is 1. The molecule has 0 saturated heterocycles. The molecule has 13 rings (SSSR count). The Morgan fingerprint density at radius 3 is 1.27 bits per heavy atom. The van der Waals surface area contributed by atoms with E-state index in [1.165, 1.54) is 38.6 Å². The molecule has 10 aromatic carbocycles. The third-order valence-electron chi connectivity index (χ3n) is 12.8. The summed E-state index contributed by atoms with van der Waals surface area (Å²) in [6, 6.07) is 82.0. The fourth-order valence-corrected chi connectivity index (χ4v) is 9.84. The van der Waals surface area contributed by atoms with Crippen molar-refractivity contribution in [3.63, 3.8) is 0 Å². The smallest absolute Gasteiger partial charge is 0.157 e. The van der Waals surface area contributed by atoms with E-state index < -0.39 is 0 Å². The Labute approximate surface area is 371 Å². The molecule has 0 saturated carbocycles. The van der Waals surface area contributed by atoms with Gasteiger partial charge in [0.2, 0.25) is 0 Å². The quantitative estimate of drug-likeness (QED) is 0.167. The maximum Gasteiger partial charge on any atom is 0.157 e. The van der Waals surface area contributed by atoms with Gasteiger partial charge in [-0.3, -0.25) is 4.90 Å². The monoisotopic (exact) mass is 818 g/mol. The molecule has 1 aromatic heterocycles. The number of fused-ring (bicyclic) bond motifs is 7. The van der Waals surface area contributed by atoms with Crippen LogP contribution < -0.4 is 14.4 Å². The molecule has 0 amide bonds. The van der Waals surface area contributed by atoms with Gasteiger partial charge in [-0.15, -0.1) is 0 Å². The minimum absolute atomic E-state index is 0.725. The van der Waals surface area contributed by atoms with Gasteiger partial charge in [0, 0.05) is 22.9 Å². The predicted molar refractivity (Wildman–Crippen MR) is 263 cm³/mol. The van der Waals surface area contributed by atoms with Crippen LogP contribution in [0.4, 0.5) is 17.1 Å². The summed E-state index contributed by atoms with van der Waals surface area (Å²) in [7, 11) is 0. The molecule has 0 radical (unpaired) electrons. The van der Waals surface area contributed by atoms with Crippen molar-refractivity contribution in [1.29, 1.82) is 0 Å². The van der Waals surface area contributed by atoms with Crippen LogP contribution in [-0.4, -0.2) is 4.57 Å². The van der Waals surface area contributed by atoms with Crippen molar-refractivity contribution >= 4 is 38.9 Å². The molecule has 300 valence electrons. The van der Waals surface area contributed by atoms with E-state index in [2.05, 4.69) is 240 Å². The molecule has 2 aliphatic heterocycles. The lowest BCUT2D eigenvalue weighted by Crippen LogP contribution is -2.20. The highest BCUT2D eigenvalue weighted by Crippen LogP contribution is 2.61. The van der Waals surface area contributed by atoms with Crippen molar-refractivity contribution < 1.29 is 9.47 Å². The van der Waals surface area contributed by atoms with Crippen LogP contribution in [0.1, 0.15) is 0 Å². The summed E-state index contributed by atoms with van der Waals surface area (Å²) in [6.07, 6.45) is 0. The number of anilines is 3. The number of aromatic nitrogens is 1. The van der Waals surface area contributed by atoms with Gasteiger partial charge in [0.25, 0.3) is 0 Å². The Morgan fingerprint density at radius 2 is 0.719 bits per heavy atom. The normalized spacial score (nSPS) is 12.3. The molecule has 0 aliphatic carbocycles. The van der Waals surface area contributed by atoms with Gasteiger partial charge in [0.15, 0.2) is 23.0 Å². The Hall–Kier alpha value is -8.60. The molecular weight excluding hydrogens is 781 g/mol. The molecule has 11 aromatic rings. The standard InChI is InChI=1S/C60H38N2O2/c1-4-16-39(17-5-1)42-28-31-51-50-26-14-15-27-52(50)61(55(51)34-42)45-37-58-60-59(38-45)64-57-36-44(49-25-13-11-23-47(49)41-20-8-3-9-21-41)30-33-54(57)62(60)53-32-29-43(35-56(53)63-58)48-24-12-10-22-46(48)40-18-6-2-7-19-40/h1-38H. The Balaban J connectivity index is 1.02. The fourth-order valence-electron chi connectivity index (χ4n) is 9.84. The van der Waals surface area contributed by atoms with Gasteiger partial charge in [-0.25, -0.2) is 0 Å². The van der Waals surface area contributed by atoms with Gasteiger partial charge in [-0.2, -0.15) is 0 Å². The summed E-state index contributed by atoms with van der Waals surface area (Å²) in [6.45, 7) is 0. The molecule has 3 heterocycles. The lowest BCUT2D eigenvalue weighted by molar-refractivity contribution is 0.446. The SMILES string of the molecule is c1ccc(-c2ccc3c4ccccc4n(-c4cc5c6c(c4)Oc4cc(-c7ccccc7-c7ccccc7)ccc4N6c4ccc(-c6ccccc6-c6ccccc6)cc4O5)c3c2)cc1. The van der Waals surface area contributed by atoms with Crippen molar-refractivity contribution in [2.24, 2.45) is 0 Å². The van der Waals surface area contributed by atoms with Crippen molar-refractivity contribution in [3.8, 4) is 84.3 Å². The van der Waals surface area contributed by atoms with Gasteiger partial charge >= 0.3 is 0 Å². The van der Waals surface area contributed by atoms with E-state index in [4.69, 9.17) is 9.47 Å². The third-order valence-corrected chi connectivity index (χ3v) is 12.8. The Kier molecular flexibility index (Phi) is 8.18. The second-order valence-corrected chi connectivity index (χ2v) is 16.5. The van der Waals surface area contributed by atoms with Crippen LogP contribution >= 0.6 is 0 Å². The van der Waals surface area contributed by atoms with Crippen molar-refractivity contribution in [1.82, 2.24) is 4.57 Å². The molecule has 64 heavy (non-hydrogen) atoms. The van der Waals surface area contributed by atoms with Crippen molar-refractivity contribution in [3.05, 3.63) is 231 Å². The van der Waals surface area contributed by atoms with Crippen molar-refractivity contribution in [2.45, 2.75) is 0 Å². The van der Waals surface area contributed by atoms with Crippen LogP contribution in [0, 0.1) is 0 Å². The van der Waals surface area contributed by atoms with Crippen LogP contribution in [0.2, 0.25) is 0 Å². The number of ether oxygens (including phenoxy) is 2. The second kappa shape index (κ2) is 14.5. The molecule has 0 fully saturated rings. The highest BCUT2D eigenvalue weighted by atomic mass is 16.5. The molecule has 0 unspecified atom stereocenters. The molecule has 0 bridgehead atoms. The van der Waals surface area contributed by atoms with Gasteiger partial charge < -0.3 is 14.0 Å². The predicted octanol–water partition coefficient (Wildman–Crippen LogP) is 16.8. The minimum Gasteiger partial charge on any atom is -0.453 e. The van der Waals surface area contributed by atoms with E-state index in [1.807, 2.05) is 0 Å². The third kappa shape index (κ3) is 5.77. The van der Waals surface area contributed by atoms with Crippen LogP contribution in [0.15, 0.2) is 231 Å². The fraction of sp³-hybridized carbons (Fsp3) is 0. The summed E-state index contributed by atoms with van der Waals surface area (Å²) in [5.74, 6) is 3.00. The summed E-state index contributed by atoms with van der Waals surface area (Å²) in [4.78, 5) is 2.32. The number of benzene rings is 10. The molecular formula is C60H38N2O2. The number of nitrogens with zero attached hydrogens (tertiary/aromatic N) is 2. The average molecular weight is 819 g/mol. The van der Waals surface area contributed by atoms with E-state index in [0.717, 1.165) is 84.6 Å². The van der Waals surface area contributed by atoms with Gasteiger partial charge in [-0.1, -0.05) is 182 Å². The first-order valence-corrected chi connectivity index (χ1v) is 21.7. The van der Waals surface area contributed by atoms with Crippen LogP contribution in [0.25, 0.3) is 83.1 Å². The zero-order valence-corrected chi connectivity index (χ0v) is 34.7. The van der Waals surface area contributed by atoms with Gasteiger partial charge in [0.05, 0.1) is 28.1 Å². The van der Waals surface area contributed by atoms with Gasteiger partial charge in [0.1, 0.15) is 5.69 Å². The van der Waals surface area contributed by atoms with Gasteiger partial charge in [-0.05, 0) is 92.0 Å². The second-order valence-electron chi connectivity index (χ2n) is 16.5. The maximum absolute atomic E-state index is 7.13. The Bertz CT molecular complexity index is 3460. The van der Waals surface area contributed by atoms with Crippen LogP contribution in [0.3, 0.4) is 0 Å². The zero-order valence-electron chi connectivity index (χ0n) is 34.7. The van der Waals surface area contributed by atoms with E-state index in [-0.39, 0.29) is 0 Å². The molecule has 4 heteroatoms. The first-order chi connectivity index (χ1) is 31.7. The van der Waals surface area contributed by atoms with Crippen LogP contribution in [0.5, 0.6) is 23.0 Å². The van der Waals surface area contributed by atoms with Crippen molar-refractivity contribution in [2.75, 3.05) is 4.90 Å². The average Bonchev–Trinajstić information content (AvgIpc) is 3.70. The van der Waals surface area contributed by atoms with E-state index >= 15 is 0 Å². The zero-order chi connectivity index (χ0) is 42.1. The first kappa shape index (κ1) is 36.1.